The topological polar surface area (TPSA) is 26.3 Å². The lowest BCUT2D eigenvalue weighted by Crippen LogP contribution is -2.14. The fourth-order valence-electron chi connectivity index (χ4n) is 4.65. The van der Waals surface area contributed by atoms with Crippen LogP contribution in [0.2, 0.25) is 0 Å². The van der Waals surface area contributed by atoms with Crippen LogP contribution in [0.1, 0.15) is 99.0 Å². The third-order valence-electron chi connectivity index (χ3n) is 6.54. The summed E-state index contributed by atoms with van der Waals surface area (Å²) in [5.74, 6) is -1.66. The molecule has 1 saturated carbocycles. The van der Waals surface area contributed by atoms with Crippen LogP contribution in [0.4, 0.5) is 8.78 Å². The molecule has 1 aliphatic carbocycles. The fraction of sp³-hybridized carbons (Fsp3) is 0.519. The molecule has 4 heteroatoms. The summed E-state index contributed by atoms with van der Waals surface area (Å²) in [6.45, 7) is 4.30. The summed E-state index contributed by atoms with van der Waals surface area (Å²) >= 11 is 0. The molecule has 31 heavy (non-hydrogen) atoms. The van der Waals surface area contributed by atoms with Gasteiger partial charge in [0.1, 0.15) is 0 Å². The molecule has 2 aromatic rings. The van der Waals surface area contributed by atoms with Crippen LogP contribution in [0.5, 0.6) is 5.75 Å². The van der Waals surface area contributed by atoms with E-state index in [2.05, 4.69) is 13.8 Å². The summed E-state index contributed by atoms with van der Waals surface area (Å²) in [7, 11) is 0. The maximum absolute atomic E-state index is 14.4. The van der Waals surface area contributed by atoms with Gasteiger partial charge in [-0.1, -0.05) is 57.7 Å². The van der Waals surface area contributed by atoms with Gasteiger partial charge in [-0.3, -0.25) is 0 Å². The third-order valence-corrected chi connectivity index (χ3v) is 6.54. The summed E-state index contributed by atoms with van der Waals surface area (Å²) in [6, 6.07) is 10.2. The van der Waals surface area contributed by atoms with E-state index in [1.165, 1.54) is 56.2 Å². The molecule has 0 N–H and O–H groups in total. The largest absolute Gasteiger partial charge is 0.420 e. The number of unbranched alkanes of at least 4 members (excludes halogenated alkanes) is 2. The van der Waals surface area contributed by atoms with Crippen LogP contribution in [-0.2, 0) is 6.42 Å². The van der Waals surface area contributed by atoms with E-state index in [0.717, 1.165) is 25.2 Å². The van der Waals surface area contributed by atoms with E-state index in [4.69, 9.17) is 4.74 Å². The molecule has 2 nitrogen and oxygen atoms in total. The molecule has 0 heterocycles. The number of benzene rings is 2. The molecule has 0 atom stereocenters. The second-order valence-corrected chi connectivity index (χ2v) is 8.83. The summed E-state index contributed by atoms with van der Waals surface area (Å²) in [6.07, 6.45) is 10.7. The second kappa shape index (κ2) is 11.4. The summed E-state index contributed by atoms with van der Waals surface area (Å²) < 4.78 is 33.9. The van der Waals surface area contributed by atoms with Crippen molar-refractivity contribution in [3.63, 3.8) is 0 Å². The quantitative estimate of drug-likeness (QED) is 0.230. The van der Waals surface area contributed by atoms with E-state index in [1.54, 1.807) is 12.1 Å². The van der Waals surface area contributed by atoms with E-state index in [9.17, 15) is 13.6 Å². The first-order chi connectivity index (χ1) is 15.0. The van der Waals surface area contributed by atoms with Crippen molar-refractivity contribution < 1.29 is 18.3 Å². The summed E-state index contributed by atoms with van der Waals surface area (Å²) in [5.41, 5.74) is 1.90. The van der Waals surface area contributed by atoms with E-state index >= 15 is 0 Å². The van der Waals surface area contributed by atoms with Gasteiger partial charge in [0.25, 0.3) is 0 Å². The van der Waals surface area contributed by atoms with Crippen molar-refractivity contribution >= 4 is 5.97 Å². The predicted molar refractivity (Wildman–Crippen MR) is 121 cm³/mol. The molecule has 3 rings (SSSR count). The Balaban J connectivity index is 1.60. The van der Waals surface area contributed by atoms with Gasteiger partial charge in [0.2, 0.25) is 5.82 Å². The molecule has 0 radical (unpaired) electrons. The number of hydrogen-bond acceptors (Lipinski definition) is 2. The molecular weight excluding hydrogens is 394 g/mol. The Bertz CT molecular complexity index is 852. The molecule has 0 aromatic heterocycles. The van der Waals surface area contributed by atoms with Crippen molar-refractivity contribution in [3.8, 4) is 5.75 Å². The number of halogens is 2. The van der Waals surface area contributed by atoms with Crippen LogP contribution in [0.3, 0.4) is 0 Å². The minimum atomic E-state index is -1.09. The van der Waals surface area contributed by atoms with Crippen molar-refractivity contribution in [2.45, 2.75) is 84.0 Å². The van der Waals surface area contributed by atoms with Crippen LogP contribution in [0, 0.1) is 17.6 Å². The molecule has 0 amide bonds. The minimum Gasteiger partial charge on any atom is -0.420 e. The molecule has 168 valence electrons. The van der Waals surface area contributed by atoms with Crippen LogP contribution in [-0.4, -0.2) is 5.97 Å². The maximum atomic E-state index is 14.4. The molecule has 0 unspecified atom stereocenters. The average Bonchev–Trinajstić information content (AvgIpc) is 2.79. The number of rotatable bonds is 9. The highest BCUT2D eigenvalue weighted by Gasteiger charge is 2.22. The lowest BCUT2D eigenvalue weighted by atomic mass is 9.77. The lowest BCUT2D eigenvalue weighted by molar-refractivity contribution is 0.0726. The number of ether oxygens (including phenoxy) is 1. The number of esters is 1. The van der Waals surface area contributed by atoms with Gasteiger partial charge in [0.05, 0.1) is 5.56 Å². The van der Waals surface area contributed by atoms with Gasteiger partial charge in [-0.25, -0.2) is 9.18 Å². The normalized spacial score (nSPS) is 18.7. The highest BCUT2D eigenvalue weighted by atomic mass is 19.2. The molecule has 0 aliphatic heterocycles. The first kappa shape index (κ1) is 23.4. The maximum Gasteiger partial charge on any atom is 0.343 e. The highest BCUT2D eigenvalue weighted by molar-refractivity contribution is 5.91. The van der Waals surface area contributed by atoms with Crippen molar-refractivity contribution in [3.05, 3.63) is 64.7 Å². The number of hydrogen-bond donors (Lipinski definition) is 0. The number of aryl methyl sites for hydroxylation is 1. The fourth-order valence-corrected chi connectivity index (χ4v) is 4.65. The zero-order valence-corrected chi connectivity index (χ0v) is 18.8. The van der Waals surface area contributed by atoms with E-state index in [-0.39, 0.29) is 5.75 Å². The number of carbonyl (C=O) groups excluding carboxylic acids is 1. The van der Waals surface area contributed by atoms with Gasteiger partial charge < -0.3 is 4.74 Å². The van der Waals surface area contributed by atoms with Crippen LogP contribution < -0.4 is 4.74 Å². The van der Waals surface area contributed by atoms with E-state index in [1.807, 2.05) is 12.1 Å². The first-order valence-electron chi connectivity index (χ1n) is 11.8. The Kier molecular flexibility index (Phi) is 8.62. The van der Waals surface area contributed by atoms with Crippen LogP contribution >= 0.6 is 0 Å². The average molecular weight is 429 g/mol. The molecule has 0 spiro atoms. The second-order valence-electron chi connectivity index (χ2n) is 8.83. The third kappa shape index (κ3) is 6.15. The SMILES string of the molecule is CCCCCc1ccc(OC(=O)c2ccc(C3CCC(CCC)CC3)cc2)c(F)c1F. The van der Waals surface area contributed by atoms with Crippen molar-refractivity contribution in [1.29, 1.82) is 0 Å². The minimum absolute atomic E-state index is 0.323. The molecular formula is C27H34F2O2. The molecule has 1 fully saturated rings. The summed E-state index contributed by atoms with van der Waals surface area (Å²) in [5, 5.41) is 0. The molecule has 2 aromatic carbocycles. The van der Waals surface area contributed by atoms with Crippen molar-refractivity contribution in [1.82, 2.24) is 0 Å². The predicted octanol–water partition coefficient (Wildman–Crippen LogP) is 7.99. The monoisotopic (exact) mass is 428 g/mol. The smallest absolute Gasteiger partial charge is 0.343 e. The highest BCUT2D eigenvalue weighted by Crippen LogP contribution is 2.37. The molecule has 0 bridgehead atoms. The Morgan fingerprint density at radius 2 is 1.61 bits per heavy atom. The summed E-state index contributed by atoms with van der Waals surface area (Å²) in [4.78, 5) is 12.5. The van der Waals surface area contributed by atoms with E-state index in [0.29, 0.717) is 23.5 Å². The van der Waals surface area contributed by atoms with E-state index < -0.39 is 17.6 Å². The van der Waals surface area contributed by atoms with Gasteiger partial charge in [-0.05, 0) is 79.7 Å². The Labute approximate surface area is 185 Å². The lowest BCUT2D eigenvalue weighted by Gasteiger charge is -2.28. The van der Waals surface area contributed by atoms with Crippen molar-refractivity contribution in [2.75, 3.05) is 0 Å². The van der Waals surface area contributed by atoms with Gasteiger partial charge in [0.15, 0.2) is 11.6 Å². The van der Waals surface area contributed by atoms with Gasteiger partial charge in [0, 0.05) is 0 Å². The molecule has 0 saturated heterocycles. The van der Waals surface area contributed by atoms with Gasteiger partial charge in [-0.2, -0.15) is 4.39 Å². The molecule has 1 aliphatic rings. The van der Waals surface area contributed by atoms with Gasteiger partial charge in [-0.15, -0.1) is 0 Å². The van der Waals surface area contributed by atoms with Crippen LogP contribution in [0.25, 0.3) is 0 Å². The Hall–Kier alpha value is -2.23. The zero-order chi connectivity index (χ0) is 22.2. The number of carbonyl (C=O) groups is 1. The van der Waals surface area contributed by atoms with Crippen LogP contribution in [0.15, 0.2) is 36.4 Å². The van der Waals surface area contributed by atoms with Crippen molar-refractivity contribution in [2.24, 2.45) is 5.92 Å². The van der Waals surface area contributed by atoms with Gasteiger partial charge >= 0.3 is 5.97 Å². The Morgan fingerprint density at radius 1 is 0.903 bits per heavy atom. The first-order valence-corrected chi connectivity index (χ1v) is 11.8. The standard InChI is InChI=1S/C27H34F2O2/c1-3-5-6-8-22-17-18-24(26(29)25(22)28)31-27(30)23-15-13-21(14-16-23)20-11-9-19(7-4-2)10-12-20/h13-20H,3-12H2,1-2H3. The Morgan fingerprint density at radius 3 is 2.26 bits per heavy atom. The zero-order valence-electron chi connectivity index (χ0n) is 18.8.